The van der Waals surface area contributed by atoms with Crippen LogP contribution < -0.4 is 10.0 Å². The minimum atomic E-state index is -3.68. The summed E-state index contributed by atoms with van der Waals surface area (Å²) >= 11 is 0. The zero-order valence-electron chi connectivity index (χ0n) is 14.0. The molecule has 1 aliphatic heterocycles. The number of nitrogens with zero attached hydrogens (tertiary/aromatic N) is 1. The van der Waals surface area contributed by atoms with Crippen LogP contribution in [0.15, 0.2) is 34.2 Å². The first kappa shape index (κ1) is 18.4. The topological polar surface area (TPSA) is 87.6 Å². The van der Waals surface area contributed by atoms with E-state index in [2.05, 4.69) is 15.0 Å². The maximum absolute atomic E-state index is 12.5. The second kappa shape index (κ2) is 8.82. The van der Waals surface area contributed by atoms with Gasteiger partial charge in [-0.25, -0.2) is 8.42 Å². The molecule has 7 heteroatoms. The SMILES string of the molecule is CCCCC(=O)Nc1cccc(S(=O)(=O)NC2=NCCCCC2)c1. The predicted octanol–water partition coefficient (Wildman–Crippen LogP) is 3.07. The summed E-state index contributed by atoms with van der Waals surface area (Å²) in [7, 11) is -3.68. The van der Waals surface area contributed by atoms with Gasteiger partial charge in [0.1, 0.15) is 5.84 Å². The highest BCUT2D eigenvalue weighted by Crippen LogP contribution is 2.17. The van der Waals surface area contributed by atoms with Crippen molar-refractivity contribution in [1.82, 2.24) is 4.72 Å². The largest absolute Gasteiger partial charge is 0.326 e. The van der Waals surface area contributed by atoms with E-state index in [0.29, 0.717) is 30.9 Å². The maximum atomic E-state index is 12.5. The van der Waals surface area contributed by atoms with E-state index in [1.807, 2.05) is 6.92 Å². The fourth-order valence-corrected chi connectivity index (χ4v) is 3.61. The van der Waals surface area contributed by atoms with Gasteiger partial charge < -0.3 is 5.32 Å². The van der Waals surface area contributed by atoms with Crippen LogP contribution in [0.3, 0.4) is 0 Å². The monoisotopic (exact) mass is 351 g/mol. The van der Waals surface area contributed by atoms with Gasteiger partial charge in [0.05, 0.1) is 4.90 Å². The quantitative estimate of drug-likeness (QED) is 0.825. The molecule has 2 rings (SSSR count). The molecule has 24 heavy (non-hydrogen) atoms. The summed E-state index contributed by atoms with van der Waals surface area (Å²) < 4.78 is 27.6. The first-order chi connectivity index (χ1) is 11.5. The maximum Gasteiger partial charge on any atom is 0.262 e. The molecule has 132 valence electrons. The van der Waals surface area contributed by atoms with Crippen LogP contribution in [-0.4, -0.2) is 26.7 Å². The average molecular weight is 351 g/mol. The van der Waals surface area contributed by atoms with Crippen LogP contribution >= 0.6 is 0 Å². The van der Waals surface area contributed by atoms with Crippen LogP contribution in [0.5, 0.6) is 0 Å². The molecule has 2 N–H and O–H groups in total. The molecule has 0 unspecified atom stereocenters. The molecule has 1 amide bonds. The van der Waals surface area contributed by atoms with Gasteiger partial charge in [-0.3, -0.25) is 14.5 Å². The molecule has 0 aliphatic carbocycles. The molecule has 0 atom stereocenters. The Hall–Kier alpha value is -1.89. The Kier molecular flexibility index (Phi) is 6.78. The second-order valence-electron chi connectivity index (χ2n) is 5.92. The van der Waals surface area contributed by atoms with Crippen molar-refractivity contribution < 1.29 is 13.2 Å². The number of anilines is 1. The van der Waals surface area contributed by atoms with Gasteiger partial charge in [-0.1, -0.05) is 25.8 Å². The Labute approximate surface area is 143 Å². The van der Waals surface area contributed by atoms with E-state index in [0.717, 1.165) is 32.1 Å². The van der Waals surface area contributed by atoms with Crippen molar-refractivity contribution in [3.05, 3.63) is 24.3 Å². The molecule has 1 aliphatic rings. The normalized spacial score (nSPS) is 15.3. The highest BCUT2D eigenvalue weighted by molar-refractivity contribution is 7.90. The van der Waals surface area contributed by atoms with Gasteiger partial charge in [-0.15, -0.1) is 0 Å². The molecule has 0 bridgehead atoms. The molecular formula is C17H25N3O3S. The van der Waals surface area contributed by atoms with E-state index in [-0.39, 0.29) is 10.8 Å². The highest BCUT2D eigenvalue weighted by Gasteiger charge is 2.17. The summed E-state index contributed by atoms with van der Waals surface area (Å²) in [5.74, 6) is 0.414. The lowest BCUT2D eigenvalue weighted by Gasteiger charge is -2.11. The fraction of sp³-hybridized carbons (Fsp3) is 0.529. The number of amidine groups is 1. The lowest BCUT2D eigenvalue weighted by molar-refractivity contribution is -0.116. The predicted molar refractivity (Wildman–Crippen MR) is 95.7 cm³/mol. The lowest BCUT2D eigenvalue weighted by Crippen LogP contribution is -2.30. The number of carbonyl (C=O) groups excluding carboxylic acids is 1. The molecule has 0 radical (unpaired) electrons. The number of aliphatic imine (C=N–C) groups is 1. The van der Waals surface area contributed by atoms with Gasteiger partial charge in [0.15, 0.2) is 0 Å². The molecule has 0 aromatic heterocycles. The van der Waals surface area contributed by atoms with Crippen molar-refractivity contribution in [3.8, 4) is 0 Å². The Balaban J connectivity index is 2.08. The summed E-state index contributed by atoms with van der Waals surface area (Å²) in [5, 5.41) is 2.74. The van der Waals surface area contributed by atoms with Gasteiger partial charge in [0, 0.05) is 25.1 Å². The summed E-state index contributed by atoms with van der Waals surface area (Å²) in [4.78, 5) is 16.2. The minimum Gasteiger partial charge on any atom is -0.326 e. The Morgan fingerprint density at radius 1 is 1.25 bits per heavy atom. The second-order valence-corrected chi connectivity index (χ2v) is 7.61. The minimum absolute atomic E-state index is 0.104. The number of benzene rings is 1. The van der Waals surface area contributed by atoms with Crippen LogP contribution in [0.1, 0.15) is 51.9 Å². The van der Waals surface area contributed by atoms with Crippen LogP contribution in [0.4, 0.5) is 5.69 Å². The van der Waals surface area contributed by atoms with Gasteiger partial charge in [0.2, 0.25) is 5.91 Å². The Morgan fingerprint density at radius 2 is 2.08 bits per heavy atom. The smallest absolute Gasteiger partial charge is 0.262 e. The van der Waals surface area contributed by atoms with Crippen molar-refractivity contribution in [2.75, 3.05) is 11.9 Å². The molecule has 1 heterocycles. The zero-order valence-corrected chi connectivity index (χ0v) is 14.9. The number of hydrogen-bond donors (Lipinski definition) is 2. The van der Waals surface area contributed by atoms with Gasteiger partial charge >= 0.3 is 0 Å². The number of amides is 1. The molecule has 0 saturated carbocycles. The van der Waals surface area contributed by atoms with E-state index in [9.17, 15) is 13.2 Å². The number of hydrogen-bond acceptors (Lipinski definition) is 4. The fourth-order valence-electron chi connectivity index (χ4n) is 2.47. The summed E-state index contributed by atoms with van der Waals surface area (Å²) in [5.41, 5.74) is 0.488. The van der Waals surface area contributed by atoms with Gasteiger partial charge in [-0.2, -0.15) is 0 Å². The van der Waals surface area contributed by atoms with Gasteiger partial charge in [0.25, 0.3) is 10.0 Å². The molecule has 0 saturated heterocycles. The standard InChI is InChI=1S/C17H25N3O3S/c1-2-3-11-17(21)19-14-8-7-9-15(13-14)24(22,23)20-16-10-5-4-6-12-18-16/h7-9,13H,2-6,10-12H2,1H3,(H,18,20)(H,19,21). The van der Waals surface area contributed by atoms with E-state index in [1.54, 1.807) is 12.1 Å². The van der Waals surface area contributed by atoms with E-state index in [4.69, 9.17) is 0 Å². The van der Waals surface area contributed by atoms with Gasteiger partial charge in [-0.05, 0) is 37.5 Å². The van der Waals surface area contributed by atoms with Crippen molar-refractivity contribution in [3.63, 3.8) is 0 Å². The number of sulfonamides is 1. The number of nitrogens with one attached hydrogen (secondary N) is 2. The third-order valence-corrected chi connectivity index (χ3v) is 5.19. The summed E-state index contributed by atoms with van der Waals surface area (Å²) in [6, 6.07) is 6.30. The highest BCUT2D eigenvalue weighted by atomic mass is 32.2. The summed E-state index contributed by atoms with van der Waals surface area (Å²) in [6.45, 7) is 2.67. The zero-order chi connectivity index (χ0) is 17.4. The van der Waals surface area contributed by atoms with E-state index >= 15 is 0 Å². The number of unbranched alkanes of at least 4 members (excludes halogenated alkanes) is 1. The van der Waals surface area contributed by atoms with Crippen molar-refractivity contribution >= 4 is 27.5 Å². The van der Waals surface area contributed by atoms with E-state index < -0.39 is 10.0 Å². The van der Waals surface area contributed by atoms with Crippen molar-refractivity contribution in [1.29, 1.82) is 0 Å². The van der Waals surface area contributed by atoms with Crippen LogP contribution in [0.2, 0.25) is 0 Å². The Bertz CT molecular complexity index is 699. The van der Waals surface area contributed by atoms with E-state index in [1.165, 1.54) is 12.1 Å². The average Bonchev–Trinajstić information content (AvgIpc) is 2.81. The molecule has 0 spiro atoms. The molecule has 1 aromatic carbocycles. The molecular weight excluding hydrogens is 326 g/mol. The van der Waals surface area contributed by atoms with Crippen LogP contribution in [-0.2, 0) is 14.8 Å². The number of rotatable bonds is 6. The lowest BCUT2D eigenvalue weighted by atomic mass is 10.2. The first-order valence-electron chi connectivity index (χ1n) is 8.47. The van der Waals surface area contributed by atoms with Crippen LogP contribution in [0, 0.1) is 0 Å². The molecule has 6 nitrogen and oxygen atoms in total. The summed E-state index contributed by atoms with van der Waals surface area (Å²) in [6.07, 6.45) is 5.82. The van der Waals surface area contributed by atoms with Crippen molar-refractivity contribution in [2.45, 2.75) is 56.8 Å². The number of carbonyl (C=O) groups is 1. The third kappa shape index (κ3) is 5.63. The third-order valence-electron chi connectivity index (χ3n) is 3.81. The Morgan fingerprint density at radius 3 is 2.88 bits per heavy atom. The molecule has 1 aromatic rings. The van der Waals surface area contributed by atoms with Crippen LogP contribution in [0.25, 0.3) is 0 Å². The first-order valence-corrected chi connectivity index (χ1v) is 9.95. The van der Waals surface area contributed by atoms with Crippen molar-refractivity contribution in [2.24, 2.45) is 4.99 Å². The molecule has 0 fully saturated rings.